The minimum atomic E-state index is -0.344. The molecule has 118 valence electrons. The largest absolute Gasteiger partial charge is 0.378 e. The van der Waals surface area contributed by atoms with E-state index in [9.17, 15) is 4.39 Å². The van der Waals surface area contributed by atoms with Gasteiger partial charge in [0.15, 0.2) is 12.1 Å². The standard InChI is InChI=1S/C16H21FN4O/c1-3-12-11-22-9-8-21(12)16-19-15(5-7-20(16)2)13-4-6-18-10-14(13)17/h4-7,10,12,16H,3,8-9,11H2,1-2H3/t12-,16?/m1/s1. The van der Waals surface area contributed by atoms with Gasteiger partial charge in [-0.2, -0.15) is 0 Å². The zero-order chi connectivity index (χ0) is 15.5. The van der Waals surface area contributed by atoms with Crippen molar-refractivity contribution in [2.75, 3.05) is 26.8 Å². The van der Waals surface area contributed by atoms with Gasteiger partial charge in [-0.15, -0.1) is 0 Å². The smallest absolute Gasteiger partial charge is 0.179 e. The zero-order valence-corrected chi connectivity index (χ0v) is 12.9. The van der Waals surface area contributed by atoms with E-state index in [0.29, 0.717) is 23.9 Å². The first-order valence-corrected chi connectivity index (χ1v) is 7.62. The molecule has 2 aliphatic heterocycles. The number of nitrogens with zero attached hydrogens (tertiary/aromatic N) is 4. The van der Waals surface area contributed by atoms with Crippen molar-refractivity contribution in [3.05, 3.63) is 42.1 Å². The van der Waals surface area contributed by atoms with E-state index in [2.05, 4.69) is 21.7 Å². The number of hydrogen-bond acceptors (Lipinski definition) is 5. The maximum Gasteiger partial charge on any atom is 0.179 e. The van der Waals surface area contributed by atoms with E-state index in [1.54, 1.807) is 12.3 Å². The molecule has 2 aliphatic rings. The fraction of sp³-hybridized carbons (Fsp3) is 0.500. The van der Waals surface area contributed by atoms with Crippen LogP contribution in [0.2, 0.25) is 0 Å². The first-order chi connectivity index (χ1) is 10.7. The van der Waals surface area contributed by atoms with E-state index in [0.717, 1.165) is 19.6 Å². The summed E-state index contributed by atoms with van der Waals surface area (Å²) in [5, 5.41) is 0. The van der Waals surface area contributed by atoms with Crippen molar-refractivity contribution in [1.29, 1.82) is 0 Å². The molecule has 5 nitrogen and oxygen atoms in total. The predicted molar refractivity (Wildman–Crippen MR) is 83.0 cm³/mol. The summed E-state index contributed by atoms with van der Waals surface area (Å²) in [5.41, 5.74) is 1.15. The van der Waals surface area contributed by atoms with Crippen LogP contribution in [0.15, 0.2) is 35.7 Å². The molecule has 1 saturated heterocycles. The van der Waals surface area contributed by atoms with Crippen molar-refractivity contribution in [2.24, 2.45) is 4.99 Å². The fourth-order valence-electron chi connectivity index (χ4n) is 2.90. The highest BCUT2D eigenvalue weighted by atomic mass is 19.1. The molecule has 1 aromatic rings. The first kappa shape index (κ1) is 15.1. The van der Waals surface area contributed by atoms with Gasteiger partial charge in [-0.3, -0.25) is 9.88 Å². The monoisotopic (exact) mass is 304 g/mol. The molecule has 6 heteroatoms. The Morgan fingerprint density at radius 2 is 2.32 bits per heavy atom. The second-order valence-corrected chi connectivity index (χ2v) is 5.57. The van der Waals surface area contributed by atoms with Crippen LogP contribution < -0.4 is 0 Å². The van der Waals surface area contributed by atoms with Gasteiger partial charge in [0.1, 0.15) is 0 Å². The van der Waals surface area contributed by atoms with Gasteiger partial charge in [0, 0.05) is 37.6 Å². The number of halogens is 1. The van der Waals surface area contributed by atoms with Crippen LogP contribution in [-0.2, 0) is 4.74 Å². The molecule has 0 aromatic carbocycles. The highest BCUT2D eigenvalue weighted by molar-refractivity contribution is 6.09. The van der Waals surface area contributed by atoms with Crippen LogP contribution in [0.1, 0.15) is 18.9 Å². The number of aliphatic imine (C=N–C) groups is 1. The highest BCUT2D eigenvalue weighted by Gasteiger charge is 2.31. The maximum atomic E-state index is 14.0. The third-order valence-corrected chi connectivity index (χ3v) is 4.18. The van der Waals surface area contributed by atoms with Gasteiger partial charge >= 0.3 is 0 Å². The second kappa shape index (κ2) is 6.54. The molecule has 0 saturated carbocycles. The number of allylic oxidation sites excluding steroid dienone is 1. The van der Waals surface area contributed by atoms with Crippen molar-refractivity contribution in [3.63, 3.8) is 0 Å². The predicted octanol–water partition coefficient (Wildman–Crippen LogP) is 1.86. The Morgan fingerprint density at radius 3 is 3.09 bits per heavy atom. The summed E-state index contributed by atoms with van der Waals surface area (Å²) in [6.45, 7) is 4.41. The topological polar surface area (TPSA) is 41.0 Å². The summed E-state index contributed by atoms with van der Waals surface area (Å²) < 4.78 is 19.5. The summed E-state index contributed by atoms with van der Waals surface area (Å²) in [6, 6.07) is 2.00. The molecule has 1 fully saturated rings. The normalized spacial score (nSPS) is 26.1. The number of aromatic nitrogens is 1. The lowest BCUT2D eigenvalue weighted by Crippen LogP contribution is -2.55. The van der Waals surface area contributed by atoms with E-state index < -0.39 is 0 Å². The Morgan fingerprint density at radius 1 is 1.45 bits per heavy atom. The number of pyridine rings is 1. The Balaban J connectivity index is 1.90. The van der Waals surface area contributed by atoms with Crippen LogP contribution >= 0.6 is 0 Å². The number of ether oxygens (including phenoxy) is 1. The Kier molecular flexibility index (Phi) is 4.49. The summed E-state index contributed by atoms with van der Waals surface area (Å²) >= 11 is 0. The van der Waals surface area contributed by atoms with E-state index in [1.807, 2.05) is 19.3 Å². The molecule has 3 rings (SSSR count). The van der Waals surface area contributed by atoms with Crippen molar-refractivity contribution in [3.8, 4) is 0 Å². The Bertz CT molecular complexity index is 589. The highest BCUT2D eigenvalue weighted by Crippen LogP contribution is 2.21. The number of rotatable bonds is 3. The summed E-state index contributed by atoms with van der Waals surface area (Å²) in [6.07, 6.45) is 7.49. The lowest BCUT2D eigenvalue weighted by atomic mass is 10.1. The third-order valence-electron chi connectivity index (χ3n) is 4.18. The summed E-state index contributed by atoms with van der Waals surface area (Å²) in [5.74, 6) is -0.344. The van der Waals surface area contributed by atoms with E-state index in [-0.39, 0.29) is 12.1 Å². The first-order valence-electron chi connectivity index (χ1n) is 7.62. The molecule has 0 aliphatic carbocycles. The van der Waals surface area contributed by atoms with Crippen LogP contribution in [0, 0.1) is 5.82 Å². The third kappa shape index (κ3) is 2.89. The molecular formula is C16H21FN4O. The van der Waals surface area contributed by atoms with Gasteiger partial charge in [0.25, 0.3) is 0 Å². The van der Waals surface area contributed by atoms with Crippen LogP contribution in [-0.4, -0.2) is 59.6 Å². The molecule has 0 amide bonds. The van der Waals surface area contributed by atoms with Gasteiger partial charge in [-0.1, -0.05) is 6.92 Å². The molecule has 1 aromatic heterocycles. The molecule has 0 N–H and O–H groups in total. The SMILES string of the molecule is CC[C@@H]1COCCN1C1N=C(c2ccncc2F)C=CN1C. The lowest BCUT2D eigenvalue weighted by molar-refractivity contribution is -0.0553. The van der Waals surface area contributed by atoms with Crippen molar-refractivity contribution >= 4 is 5.71 Å². The van der Waals surface area contributed by atoms with Crippen LogP contribution in [0.25, 0.3) is 0 Å². The number of hydrogen-bond donors (Lipinski definition) is 0. The van der Waals surface area contributed by atoms with Crippen molar-refractivity contribution in [1.82, 2.24) is 14.8 Å². The van der Waals surface area contributed by atoms with E-state index in [1.165, 1.54) is 6.20 Å². The second-order valence-electron chi connectivity index (χ2n) is 5.57. The number of morpholine rings is 1. The molecule has 0 radical (unpaired) electrons. The van der Waals surface area contributed by atoms with Crippen LogP contribution in [0.4, 0.5) is 4.39 Å². The maximum absolute atomic E-state index is 14.0. The molecule has 1 unspecified atom stereocenters. The van der Waals surface area contributed by atoms with E-state index in [4.69, 9.17) is 9.73 Å². The molecule has 2 atom stereocenters. The molecule has 22 heavy (non-hydrogen) atoms. The minimum absolute atomic E-state index is 0.124. The zero-order valence-electron chi connectivity index (χ0n) is 12.9. The average molecular weight is 304 g/mol. The quantitative estimate of drug-likeness (QED) is 0.855. The summed E-state index contributed by atoms with van der Waals surface area (Å²) in [4.78, 5) is 12.9. The minimum Gasteiger partial charge on any atom is -0.378 e. The molecule has 0 bridgehead atoms. The van der Waals surface area contributed by atoms with Crippen LogP contribution in [0.3, 0.4) is 0 Å². The van der Waals surface area contributed by atoms with Gasteiger partial charge in [0.05, 0.1) is 25.1 Å². The summed E-state index contributed by atoms with van der Waals surface area (Å²) in [7, 11) is 1.99. The van der Waals surface area contributed by atoms with Crippen LogP contribution in [0.5, 0.6) is 0 Å². The van der Waals surface area contributed by atoms with E-state index >= 15 is 0 Å². The van der Waals surface area contributed by atoms with Crippen molar-refractivity contribution < 1.29 is 9.13 Å². The molecule has 0 spiro atoms. The van der Waals surface area contributed by atoms with Gasteiger partial charge in [0.2, 0.25) is 0 Å². The fourth-order valence-corrected chi connectivity index (χ4v) is 2.90. The molecule has 3 heterocycles. The van der Waals surface area contributed by atoms with Gasteiger partial charge in [-0.25, -0.2) is 9.38 Å². The Labute approximate surface area is 130 Å². The van der Waals surface area contributed by atoms with Gasteiger partial charge in [-0.05, 0) is 18.6 Å². The molecular weight excluding hydrogens is 283 g/mol. The van der Waals surface area contributed by atoms with Crippen molar-refractivity contribution in [2.45, 2.75) is 25.7 Å². The average Bonchev–Trinajstić information content (AvgIpc) is 2.56. The Hall–Kier alpha value is -1.79. The van der Waals surface area contributed by atoms with Gasteiger partial charge < -0.3 is 9.64 Å². The lowest BCUT2D eigenvalue weighted by Gasteiger charge is -2.43.